The lowest BCUT2D eigenvalue weighted by Crippen LogP contribution is -2.65. The van der Waals surface area contributed by atoms with Gasteiger partial charge < -0.3 is 65.1 Å². The van der Waals surface area contributed by atoms with Crippen LogP contribution in [-0.4, -0.2) is 140 Å². The molecule has 2 fully saturated rings. The van der Waals surface area contributed by atoms with Crippen LogP contribution in [0.4, 0.5) is 0 Å². The molecule has 12 atom stereocenters. The zero-order valence-corrected chi connectivity index (χ0v) is 46.0. The highest BCUT2D eigenvalue weighted by Gasteiger charge is 2.51. The smallest absolute Gasteiger partial charge is 0.220 e. The SMILES string of the molecule is CCCCCCCCCCCCCCCCCCCCCCCCCCCC(=O)N[C@@H](CO[C@@H]1O[C@H](CO)[C@@H](O[C@@H]2O[C@H](CO)[C@H](O)C(O)C2O)C(O)C1O)[C@H](O)CCCCCCCCCCCCCCC. The van der Waals surface area contributed by atoms with Crippen LogP contribution in [0.25, 0.3) is 0 Å². The average Bonchev–Trinajstić information content (AvgIpc) is 3.38. The standard InChI is InChI=1S/C58H113NO13/c1-3-5-7-9-11-13-15-17-18-19-20-21-22-23-24-25-26-27-28-30-32-34-36-38-40-42-50(63)59-46(47(62)41-39-37-35-33-31-29-16-14-12-10-8-6-4-2)45-69-57-55(68)53(66)56(49(44-61)71-57)72-58-54(67)52(65)51(64)48(43-60)70-58/h46-49,51-58,60-62,64-68H,3-45H2,1-2H3,(H,59,63)/t46-,47+,48+,49+,51-,52?,53?,54?,55?,56+,57+,58-/m0/s1. The highest BCUT2D eigenvalue weighted by Crippen LogP contribution is 2.30. The van der Waals surface area contributed by atoms with Gasteiger partial charge in [0.1, 0.15) is 48.8 Å². The summed E-state index contributed by atoms with van der Waals surface area (Å²) in [4.78, 5) is 13.3. The number of carbonyl (C=O) groups is 1. The molecule has 14 nitrogen and oxygen atoms in total. The van der Waals surface area contributed by atoms with Crippen LogP contribution >= 0.6 is 0 Å². The molecule has 0 aliphatic carbocycles. The molecule has 0 radical (unpaired) electrons. The summed E-state index contributed by atoms with van der Waals surface area (Å²) >= 11 is 0. The summed E-state index contributed by atoms with van der Waals surface area (Å²) in [6.45, 7) is 2.89. The largest absolute Gasteiger partial charge is 0.394 e. The van der Waals surface area contributed by atoms with Crippen molar-refractivity contribution < 1.29 is 64.6 Å². The van der Waals surface area contributed by atoms with E-state index in [2.05, 4.69) is 19.2 Å². The minimum absolute atomic E-state index is 0.200. The number of aliphatic hydroxyl groups is 8. The van der Waals surface area contributed by atoms with Crippen molar-refractivity contribution in [2.24, 2.45) is 0 Å². The molecule has 2 aliphatic rings. The molecule has 14 heteroatoms. The quantitative estimate of drug-likeness (QED) is 0.0259. The van der Waals surface area contributed by atoms with Gasteiger partial charge in [-0.25, -0.2) is 0 Å². The number of ether oxygens (including phenoxy) is 4. The van der Waals surface area contributed by atoms with Gasteiger partial charge in [-0.1, -0.05) is 251 Å². The van der Waals surface area contributed by atoms with Crippen molar-refractivity contribution in [2.45, 2.75) is 344 Å². The molecule has 72 heavy (non-hydrogen) atoms. The topological polar surface area (TPSA) is 228 Å². The Morgan fingerprint density at radius 1 is 0.444 bits per heavy atom. The van der Waals surface area contributed by atoms with Crippen LogP contribution in [0.5, 0.6) is 0 Å². The summed E-state index contributed by atoms with van der Waals surface area (Å²) in [7, 11) is 0. The number of unbranched alkanes of at least 4 members (excludes halogenated alkanes) is 36. The molecule has 2 rings (SSSR count). The number of carbonyl (C=O) groups excluding carboxylic acids is 1. The van der Waals surface area contributed by atoms with Gasteiger partial charge in [0.05, 0.1) is 32.0 Å². The van der Waals surface area contributed by atoms with Crippen LogP contribution in [0.1, 0.15) is 271 Å². The lowest BCUT2D eigenvalue weighted by molar-refractivity contribution is -0.359. The van der Waals surface area contributed by atoms with E-state index in [1.54, 1.807) is 0 Å². The molecular weight excluding hydrogens is 919 g/mol. The normalized spacial score (nSPS) is 25.5. The average molecular weight is 1030 g/mol. The first-order valence-electron chi connectivity index (χ1n) is 30.3. The summed E-state index contributed by atoms with van der Waals surface area (Å²) in [5.74, 6) is -0.200. The zero-order valence-electron chi connectivity index (χ0n) is 46.0. The molecule has 0 aromatic heterocycles. The summed E-state index contributed by atoms with van der Waals surface area (Å²) < 4.78 is 22.8. The second-order valence-electron chi connectivity index (χ2n) is 21.8. The fourth-order valence-electron chi connectivity index (χ4n) is 10.4. The lowest BCUT2D eigenvalue weighted by Gasteiger charge is -2.46. The Hall–Kier alpha value is -1.01. The predicted molar refractivity (Wildman–Crippen MR) is 286 cm³/mol. The molecule has 428 valence electrons. The van der Waals surface area contributed by atoms with E-state index in [1.165, 1.54) is 193 Å². The highest BCUT2D eigenvalue weighted by atomic mass is 16.7. The molecular formula is C58H113NO13. The number of nitrogens with one attached hydrogen (secondary N) is 1. The first-order chi connectivity index (χ1) is 35.1. The first kappa shape index (κ1) is 67.1. The van der Waals surface area contributed by atoms with Crippen LogP contribution in [0.15, 0.2) is 0 Å². The minimum Gasteiger partial charge on any atom is -0.394 e. The molecule has 9 N–H and O–H groups in total. The molecule has 2 saturated heterocycles. The minimum atomic E-state index is -1.78. The van der Waals surface area contributed by atoms with Crippen LogP contribution in [0.2, 0.25) is 0 Å². The van der Waals surface area contributed by atoms with E-state index in [1.807, 2.05) is 0 Å². The van der Waals surface area contributed by atoms with E-state index in [4.69, 9.17) is 18.9 Å². The van der Waals surface area contributed by atoms with E-state index < -0.39 is 86.8 Å². The summed E-state index contributed by atoms with van der Waals surface area (Å²) in [6.07, 6.45) is 32.6. The monoisotopic (exact) mass is 1030 g/mol. The molecule has 0 saturated carbocycles. The van der Waals surface area contributed by atoms with Crippen molar-refractivity contribution in [3.63, 3.8) is 0 Å². The van der Waals surface area contributed by atoms with Gasteiger partial charge in [0.25, 0.3) is 0 Å². The van der Waals surface area contributed by atoms with Gasteiger partial charge in [-0.2, -0.15) is 0 Å². The predicted octanol–water partition coefficient (Wildman–Crippen LogP) is 10.1. The highest BCUT2D eigenvalue weighted by molar-refractivity contribution is 5.76. The van der Waals surface area contributed by atoms with Crippen LogP contribution in [0.3, 0.4) is 0 Å². The van der Waals surface area contributed by atoms with E-state index >= 15 is 0 Å². The van der Waals surface area contributed by atoms with E-state index in [0.29, 0.717) is 12.8 Å². The maximum atomic E-state index is 13.3. The third kappa shape index (κ3) is 30.7. The van der Waals surface area contributed by atoms with Gasteiger partial charge in [0.2, 0.25) is 5.91 Å². The van der Waals surface area contributed by atoms with E-state index in [-0.39, 0.29) is 12.5 Å². The van der Waals surface area contributed by atoms with Gasteiger partial charge in [-0.05, 0) is 12.8 Å². The Bertz CT molecular complexity index is 1220. The van der Waals surface area contributed by atoms with Gasteiger partial charge in [0.15, 0.2) is 12.6 Å². The van der Waals surface area contributed by atoms with E-state index in [9.17, 15) is 45.6 Å². The van der Waals surface area contributed by atoms with Gasteiger partial charge >= 0.3 is 0 Å². The van der Waals surface area contributed by atoms with Crippen molar-refractivity contribution in [3.05, 3.63) is 0 Å². The lowest BCUT2D eigenvalue weighted by atomic mass is 9.97. The third-order valence-corrected chi connectivity index (χ3v) is 15.3. The van der Waals surface area contributed by atoms with Gasteiger partial charge in [-0.3, -0.25) is 4.79 Å². The second-order valence-corrected chi connectivity index (χ2v) is 21.8. The molecule has 0 aromatic carbocycles. The number of aliphatic hydroxyl groups excluding tert-OH is 8. The maximum absolute atomic E-state index is 13.3. The maximum Gasteiger partial charge on any atom is 0.220 e. The van der Waals surface area contributed by atoms with Crippen molar-refractivity contribution in [1.29, 1.82) is 0 Å². The second kappa shape index (κ2) is 45.1. The first-order valence-corrected chi connectivity index (χ1v) is 30.3. The molecule has 4 unspecified atom stereocenters. The van der Waals surface area contributed by atoms with Crippen LogP contribution in [0, 0.1) is 0 Å². The Kier molecular flexibility index (Phi) is 42.0. The summed E-state index contributed by atoms with van der Waals surface area (Å²) in [6, 6.07) is -0.822. The summed E-state index contributed by atoms with van der Waals surface area (Å²) in [5.41, 5.74) is 0. The number of hydrogen-bond donors (Lipinski definition) is 9. The Labute approximate surface area is 438 Å². The Morgan fingerprint density at radius 3 is 1.18 bits per heavy atom. The van der Waals surface area contributed by atoms with E-state index in [0.717, 1.165) is 51.4 Å². The van der Waals surface area contributed by atoms with Gasteiger partial charge in [0, 0.05) is 6.42 Å². The van der Waals surface area contributed by atoms with Crippen molar-refractivity contribution in [1.82, 2.24) is 5.32 Å². The van der Waals surface area contributed by atoms with Crippen molar-refractivity contribution in [2.75, 3.05) is 19.8 Å². The molecule has 0 aromatic rings. The van der Waals surface area contributed by atoms with Crippen molar-refractivity contribution >= 4 is 5.91 Å². The third-order valence-electron chi connectivity index (χ3n) is 15.3. The van der Waals surface area contributed by atoms with Crippen LogP contribution in [-0.2, 0) is 23.7 Å². The number of hydrogen-bond acceptors (Lipinski definition) is 13. The number of rotatable bonds is 49. The Balaban J connectivity index is 1.69. The molecule has 0 spiro atoms. The molecule has 1 amide bonds. The summed E-state index contributed by atoms with van der Waals surface area (Å²) in [5, 5.41) is 87.2. The molecule has 2 heterocycles. The van der Waals surface area contributed by atoms with Gasteiger partial charge in [-0.15, -0.1) is 0 Å². The molecule has 0 bridgehead atoms. The molecule has 2 aliphatic heterocycles. The van der Waals surface area contributed by atoms with Crippen molar-refractivity contribution in [3.8, 4) is 0 Å². The fourth-order valence-corrected chi connectivity index (χ4v) is 10.4. The zero-order chi connectivity index (χ0) is 52.4. The Morgan fingerprint density at radius 2 is 0.792 bits per heavy atom. The van der Waals surface area contributed by atoms with Crippen LogP contribution < -0.4 is 5.32 Å². The fraction of sp³-hybridized carbons (Fsp3) is 0.983. The number of amides is 1.